The monoisotopic (exact) mass is 250 g/mol. The highest BCUT2D eigenvalue weighted by Gasteiger charge is 2.12. The van der Waals surface area contributed by atoms with Gasteiger partial charge in [-0.3, -0.25) is 0 Å². The molecule has 4 heteroatoms. The Balaban J connectivity index is 1.92. The van der Waals surface area contributed by atoms with E-state index >= 15 is 0 Å². The van der Waals surface area contributed by atoms with Crippen LogP contribution in [0.25, 0.3) is 0 Å². The number of ether oxygens (including phenoxy) is 2. The maximum Gasteiger partial charge on any atom is 0.161 e. The van der Waals surface area contributed by atoms with Gasteiger partial charge in [-0.2, -0.15) is 0 Å². The first-order chi connectivity index (χ1) is 8.83. The maximum atomic E-state index is 5.31. The Hall–Kier alpha value is -1.26. The largest absolute Gasteiger partial charge is 0.493 e. The van der Waals surface area contributed by atoms with Crippen molar-refractivity contribution in [3.8, 4) is 11.5 Å². The van der Waals surface area contributed by atoms with Gasteiger partial charge >= 0.3 is 0 Å². The van der Waals surface area contributed by atoms with Crippen molar-refractivity contribution < 1.29 is 9.47 Å². The SMILES string of the molecule is COc1ccc(CNC2CCNCC2)cc1OC. The third-order valence-electron chi connectivity index (χ3n) is 3.38. The summed E-state index contributed by atoms with van der Waals surface area (Å²) in [7, 11) is 3.33. The van der Waals surface area contributed by atoms with Crippen molar-refractivity contribution in [3.05, 3.63) is 23.8 Å². The van der Waals surface area contributed by atoms with Crippen LogP contribution in [0, 0.1) is 0 Å². The molecule has 1 aromatic carbocycles. The first-order valence-corrected chi connectivity index (χ1v) is 6.48. The van der Waals surface area contributed by atoms with Gasteiger partial charge in [0.1, 0.15) is 0 Å². The zero-order chi connectivity index (χ0) is 12.8. The summed E-state index contributed by atoms with van der Waals surface area (Å²) in [6, 6.07) is 6.69. The van der Waals surface area contributed by atoms with Crippen LogP contribution in [0.3, 0.4) is 0 Å². The van der Waals surface area contributed by atoms with Crippen LogP contribution in [0.2, 0.25) is 0 Å². The number of piperidine rings is 1. The van der Waals surface area contributed by atoms with Gasteiger partial charge in [-0.1, -0.05) is 6.07 Å². The summed E-state index contributed by atoms with van der Waals surface area (Å²) < 4.78 is 10.5. The van der Waals surface area contributed by atoms with E-state index in [0.29, 0.717) is 6.04 Å². The molecule has 0 spiro atoms. The third kappa shape index (κ3) is 3.37. The summed E-state index contributed by atoms with van der Waals surface area (Å²) in [4.78, 5) is 0. The van der Waals surface area contributed by atoms with E-state index < -0.39 is 0 Å². The van der Waals surface area contributed by atoms with Crippen LogP contribution in [0.1, 0.15) is 18.4 Å². The Kier molecular flexibility index (Phi) is 4.84. The van der Waals surface area contributed by atoms with Crippen molar-refractivity contribution in [3.63, 3.8) is 0 Å². The van der Waals surface area contributed by atoms with Gasteiger partial charge in [0.15, 0.2) is 11.5 Å². The first-order valence-electron chi connectivity index (χ1n) is 6.48. The number of hydrogen-bond acceptors (Lipinski definition) is 4. The number of benzene rings is 1. The molecule has 1 saturated heterocycles. The van der Waals surface area contributed by atoms with E-state index in [1.807, 2.05) is 12.1 Å². The van der Waals surface area contributed by atoms with Crippen LogP contribution >= 0.6 is 0 Å². The molecule has 0 amide bonds. The second-order valence-electron chi connectivity index (χ2n) is 4.59. The minimum Gasteiger partial charge on any atom is -0.493 e. The molecule has 0 bridgehead atoms. The summed E-state index contributed by atoms with van der Waals surface area (Å²) in [6.45, 7) is 3.11. The summed E-state index contributed by atoms with van der Waals surface area (Å²) in [5.74, 6) is 1.57. The molecule has 4 nitrogen and oxygen atoms in total. The van der Waals surface area contributed by atoms with Crippen molar-refractivity contribution in [2.45, 2.75) is 25.4 Å². The Bertz CT molecular complexity index is 376. The number of nitrogens with one attached hydrogen (secondary N) is 2. The number of rotatable bonds is 5. The van der Waals surface area contributed by atoms with Crippen LogP contribution in [0.15, 0.2) is 18.2 Å². The molecule has 0 atom stereocenters. The zero-order valence-corrected chi connectivity index (χ0v) is 11.2. The van der Waals surface area contributed by atoms with Crippen LogP contribution in [-0.4, -0.2) is 33.4 Å². The fourth-order valence-electron chi connectivity index (χ4n) is 2.28. The molecular weight excluding hydrogens is 228 g/mol. The highest BCUT2D eigenvalue weighted by Crippen LogP contribution is 2.27. The van der Waals surface area contributed by atoms with Gasteiger partial charge in [-0.15, -0.1) is 0 Å². The Labute approximate surface area is 109 Å². The lowest BCUT2D eigenvalue weighted by molar-refractivity contribution is 0.353. The Morgan fingerprint density at radius 3 is 2.56 bits per heavy atom. The highest BCUT2D eigenvalue weighted by atomic mass is 16.5. The van der Waals surface area contributed by atoms with E-state index in [-0.39, 0.29) is 0 Å². The Morgan fingerprint density at radius 2 is 1.89 bits per heavy atom. The summed E-state index contributed by atoms with van der Waals surface area (Å²) in [5, 5.41) is 6.96. The zero-order valence-electron chi connectivity index (χ0n) is 11.2. The quantitative estimate of drug-likeness (QED) is 0.832. The van der Waals surface area contributed by atoms with E-state index in [4.69, 9.17) is 9.47 Å². The molecule has 0 saturated carbocycles. The fourth-order valence-corrected chi connectivity index (χ4v) is 2.28. The van der Waals surface area contributed by atoms with Crippen LogP contribution in [0.5, 0.6) is 11.5 Å². The van der Waals surface area contributed by atoms with Crippen molar-refractivity contribution >= 4 is 0 Å². The highest BCUT2D eigenvalue weighted by molar-refractivity contribution is 5.42. The van der Waals surface area contributed by atoms with E-state index in [0.717, 1.165) is 31.1 Å². The summed E-state index contributed by atoms with van der Waals surface area (Å²) >= 11 is 0. The number of hydrogen-bond donors (Lipinski definition) is 2. The van der Waals surface area contributed by atoms with Crippen molar-refractivity contribution in [2.24, 2.45) is 0 Å². The van der Waals surface area contributed by atoms with Gasteiger partial charge in [0.2, 0.25) is 0 Å². The molecular formula is C14H22N2O2. The van der Waals surface area contributed by atoms with Gasteiger partial charge in [0.05, 0.1) is 14.2 Å². The minimum atomic E-state index is 0.624. The molecule has 0 unspecified atom stereocenters. The molecule has 1 fully saturated rings. The molecule has 0 aliphatic carbocycles. The number of methoxy groups -OCH3 is 2. The molecule has 2 N–H and O–H groups in total. The topological polar surface area (TPSA) is 42.5 Å². The van der Waals surface area contributed by atoms with Gasteiger partial charge in [0.25, 0.3) is 0 Å². The average Bonchev–Trinajstić information content (AvgIpc) is 2.45. The molecule has 1 aliphatic rings. The summed E-state index contributed by atoms with van der Waals surface area (Å²) in [6.07, 6.45) is 2.40. The van der Waals surface area contributed by atoms with Gasteiger partial charge in [0, 0.05) is 12.6 Å². The lowest BCUT2D eigenvalue weighted by Gasteiger charge is -2.24. The van der Waals surface area contributed by atoms with E-state index in [1.54, 1.807) is 14.2 Å². The van der Waals surface area contributed by atoms with Crippen LogP contribution in [0.4, 0.5) is 0 Å². The fraction of sp³-hybridized carbons (Fsp3) is 0.571. The second-order valence-corrected chi connectivity index (χ2v) is 4.59. The standard InChI is InChI=1S/C14H22N2O2/c1-17-13-4-3-11(9-14(13)18-2)10-16-12-5-7-15-8-6-12/h3-4,9,12,15-16H,5-8,10H2,1-2H3. The molecule has 18 heavy (non-hydrogen) atoms. The van der Waals surface area contributed by atoms with Gasteiger partial charge in [-0.05, 0) is 43.6 Å². The smallest absolute Gasteiger partial charge is 0.161 e. The molecule has 100 valence electrons. The van der Waals surface area contributed by atoms with Crippen LogP contribution in [-0.2, 0) is 6.54 Å². The molecule has 0 aromatic heterocycles. The van der Waals surface area contributed by atoms with Gasteiger partial charge < -0.3 is 20.1 Å². The molecule has 0 radical (unpaired) electrons. The molecule has 1 heterocycles. The molecule has 2 rings (SSSR count). The van der Waals surface area contributed by atoms with Crippen LogP contribution < -0.4 is 20.1 Å². The minimum absolute atomic E-state index is 0.624. The lowest BCUT2D eigenvalue weighted by Crippen LogP contribution is -2.39. The van der Waals surface area contributed by atoms with Gasteiger partial charge in [-0.25, -0.2) is 0 Å². The van der Waals surface area contributed by atoms with E-state index in [1.165, 1.54) is 18.4 Å². The Morgan fingerprint density at radius 1 is 1.17 bits per heavy atom. The first kappa shape index (κ1) is 13.2. The van der Waals surface area contributed by atoms with E-state index in [2.05, 4.69) is 16.7 Å². The third-order valence-corrected chi connectivity index (χ3v) is 3.38. The second kappa shape index (κ2) is 6.61. The normalized spacial score (nSPS) is 16.6. The average molecular weight is 250 g/mol. The van der Waals surface area contributed by atoms with Crippen molar-refractivity contribution in [1.29, 1.82) is 0 Å². The molecule has 1 aliphatic heterocycles. The predicted molar refractivity (Wildman–Crippen MR) is 72.3 cm³/mol. The summed E-state index contributed by atoms with van der Waals surface area (Å²) in [5.41, 5.74) is 1.23. The lowest BCUT2D eigenvalue weighted by atomic mass is 10.1. The molecule has 1 aromatic rings. The predicted octanol–water partition coefficient (Wildman–Crippen LogP) is 1.55. The van der Waals surface area contributed by atoms with Crippen molar-refractivity contribution in [1.82, 2.24) is 10.6 Å². The van der Waals surface area contributed by atoms with E-state index in [9.17, 15) is 0 Å². The maximum absolute atomic E-state index is 5.31. The van der Waals surface area contributed by atoms with Crippen molar-refractivity contribution in [2.75, 3.05) is 27.3 Å².